The maximum absolute atomic E-state index is 5.33. The standard InChI is InChI=1S/C50H30N4S2/c1-2-10-31(11-3-1)44-29-45(33-22-20-32(21-23-33)43-24-25-51-30-52-43)54-50(53-44)36-27-34(37-14-8-16-41-39-12-4-6-18-46(39)55-48(37)41)26-35(28-36)38-15-9-17-42-40-13-5-7-19-47(40)56-49(38)42/h1-30H. The Hall–Kier alpha value is -6.86. The minimum Gasteiger partial charge on any atom is -0.245 e. The highest BCUT2D eigenvalue weighted by molar-refractivity contribution is 7.26. The Morgan fingerprint density at radius 1 is 0.357 bits per heavy atom. The predicted octanol–water partition coefficient (Wildman–Crippen LogP) is 14.0. The van der Waals surface area contributed by atoms with Gasteiger partial charge in [0.25, 0.3) is 0 Å². The van der Waals surface area contributed by atoms with Gasteiger partial charge in [0.1, 0.15) is 6.33 Å². The molecule has 4 nitrogen and oxygen atoms in total. The van der Waals surface area contributed by atoms with Gasteiger partial charge >= 0.3 is 0 Å². The second kappa shape index (κ2) is 13.5. The fraction of sp³-hybridized carbons (Fsp3) is 0. The van der Waals surface area contributed by atoms with Crippen molar-refractivity contribution in [2.24, 2.45) is 0 Å². The molecular formula is C50H30N4S2. The number of benzene rings is 7. The van der Waals surface area contributed by atoms with Crippen LogP contribution in [-0.4, -0.2) is 19.9 Å². The summed E-state index contributed by atoms with van der Waals surface area (Å²) in [5.41, 5.74) is 11.3. The van der Waals surface area contributed by atoms with Crippen molar-refractivity contribution >= 4 is 63.0 Å². The maximum atomic E-state index is 5.33. The van der Waals surface area contributed by atoms with E-state index in [0.717, 1.165) is 50.5 Å². The highest BCUT2D eigenvalue weighted by Gasteiger charge is 2.18. The summed E-state index contributed by atoms with van der Waals surface area (Å²) in [5, 5.41) is 5.12. The van der Waals surface area contributed by atoms with Gasteiger partial charge in [0.15, 0.2) is 5.82 Å². The third-order valence-electron chi connectivity index (χ3n) is 10.5. The Morgan fingerprint density at radius 3 is 1.43 bits per heavy atom. The van der Waals surface area contributed by atoms with Crippen LogP contribution in [0.25, 0.3) is 108 Å². The summed E-state index contributed by atoms with van der Waals surface area (Å²) < 4.78 is 5.13. The molecule has 0 saturated carbocycles. The lowest BCUT2D eigenvalue weighted by Gasteiger charge is -2.14. The van der Waals surface area contributed by atoms with Crippen LogP contribution in [0.3, 0.4) is 0 Å². The van der Waals surface area contributed by atoms with E-state index in [9.17, 15) is 0 Å². The molecule has 0 aliphatic heterocycles. The topological polar surface area (TPSA) is 51.6 Å². The second-order valence-electron chi connectivity index (χ2n) is 13.9. The third-order valence-corrected chi connectivity index (χ3v) is 12.9. The normalized spacial score (nSPS) is 11.6. The van der Waals surface area contributed by atoms with Crippen molar-refractivity contribution in [3.63, 3.8) is 0 Å². The first kappa shape index (κ1) is 32.6. The summed E-state index contributed by atoms with van der Waals surface area (Å²) in [6.45, 7) is 0. The van der Waals surface area contributed by atoms with E-state index < -0.39 is 0 Å². The first-order chi connectivity index (χ1) is 27.7. The van der Waals surface area contributed by atoms with Gasteiger partial charge in [-0.2, -0.15) is 0 Å². The third kappa shape index (κ3) is 5.66. The van der Waals surface area contributed by atoms with E-state index >= 15 is 0 Å². The minimum atomic E-state index is 0.677. The smallest absolute Gasteiger partial charge is 0.160 e. The summed E-state index contributed by atoms with van der Waals surface area (Å²) >= 11 is 3.71. The van der Waals surface area contributed by atoms with Crippen molar-refractivity contribution in [2.45, 2.75) is 0 Å². The number of fused-ring (bicyclic) bond motifs is 6. The van der Waals surface area contributed by atoms with Crippen LogP contribution in [0.15, 0.2) is 182 Å². The Morgan fingerprint density at radius 2 is 0.857 bits per heavy atom. The molecule has 11 aromatic rings. The predicted molar refractivity (Wildman–Crippen MR) is 236 cm³/mol. The zero-order valence-corrected chi connectivity index (χ0v) is 31.6. The lowest BCUT2D eigenvalue weighted by Crippen LogP contribution is -1.97. The van der Waals surface area contributed by atoms with E-state index in [1.54, 1.807) is 12.5 Å². The van der Waals surface area contributed by atoms with Crippen molar-refractivity contribution in [2.75, 3.05) is 0 Å². The number of thiophene rings is 2. The molecule has 4 aromatic heterocycles. The lowest BCUT2D eigenvalue weighted by atomic mass is 9.94. The number of hydrogen-bond acceptors (Lipinski definition) is 6. The SMILES string of the molecule is c1ccc(-c2cc(-c3ccc(-c4ccncn4)cc3)nc(-c3cc(-c4cccc5c4sc4ccccc45)cc(-c4cccc5c4sc4ccccc45)c3)n2)cc1. The summed E-state index contributed by atoms with van der Waals surface area (Å²) in [5.74, 6) is 0.677. The summed E-state index contributed by atoms with van der Waals surface area (Å²) in [6.07, 6.45) is 3.35. The first-order valence-corrected chi connectivity index (χ1v) is 20.1. The largest absolute Gasteiger partial charge is 0.245 e. The van der Waals surface area contributed by atoms with Gasteiger partial charge in [-0.1, -0.05) is 127 Å². The van der Waals surface area contributed by atoms with E-state index in [0.29, 0.717) is 5.82 Å². The molecule has 0 amide bonds. The molecular weight excluding hydrogens is 721 g/mol. The average Bonchev–Trinajstić information content (AvgIpc) is 3.86. The molecule has 6 heteroatoms. The van der Waals surface area contributed by atoms with Gasteiger partial charge in [-0.3, -0.25) is 0 Å². The van der Waals surface area contributed by atoms with Crippen molar-refractivity contribution < 1.29 is 0 Å². The van der Waals surface area contributed by atoms with Crippen LogP contribution in [0.1, 0.15) is 0 Å². The zero-order chi connectivity index (χ0) is 37.0. The lowest BCUT2D eigenvalue weighted by molar-refractivity contribution is 1.17. The summed E-state index contributed by atoms with van der Waals surface area (Å²) in [4.78, 5) is 19.2. The number of nitrogens with zero attached hydrogens (tertiary/aromatic N) is 4. The Kier molecular flexibility index (Phi) is 7.83. The molecule has 0 fully saturated rings. The van der Waals surface area contributed by atoms with Crippen molar-refractivity contribution in [1.82, 2.24) is 19.9 Å². The Labute approximate surface area is 331 Å². The molecule has 4 heterocycles. The van der Waals surface area contributed by atoms with Crippen LogP contribution >= 0.6 is 22.7 Å². The molecule has 0 bridgehead atoms. The number of aromatic nitrogens is 4. The molecule has 0 aliphatic carbocycles. The van der Waals surface area contributed by atoms with Gasteiger partial charge in [0, 0.05) is 68.8 Å². The molecule has 0 atom stereocenters. The van der Waals surface area contributed by atoms with E-state index in [1.807, 2.05) is 34.8 Å². The Bertz CT molecular complexity index is 3110. The average molecular weight is 751 g/mol. The van der Waals surface area contributed by atoms with Gasteiger partial charge in [-0.15, -0.1) is 22.7 Å². The minimum absolute atomic E-state index is 0.677. The van der Waals surface area contributed by atoms with Crippen molar-refractivity contribution in [3.8, 4) is 67.4 Å². The quantitative estimate of drug-likeness (QED) is 0.170. The molecule has 0 unspecified atom stereocenters. The highest BCUT2D eigenvalue weighted by atomic mass is 32.1. The second-order valence-corrected chi connectivity index (χ2v) is 16.0. The van der Waals surface area contributed by atoms with Gasteiger partial charge in [0.2, 0.25) is 0 Å². The zero-order valence-electron chi connectivity index (χ0n) is 29.9. The van der Waals surface area contributed by atoms with Crippen LogP contribution in [0.5, 0.6) is 0 Å². The van der Waals surface area contributed by atoms with E-state index in [-0.39, 0.29) is 0 Å². The van der Waals surface area contributed by atoms with Gasteiger partial charge in [-0.25, -0.2) is 19.9 Å². The maximum Gasteiger partial charge on any atom is 0.160 e. The van der Waals surface area contributed by atoms with Crippen LogP contribution < -0.4 is 0 Å². The van der Waals surface area contributed by atoms with Crippen LogP contribution in [-0.2, 0) is 0 Å². The van der Waals surface area contributed by atoms with Crippen LogP contribution in [0.4, 0.5) is 0 Å². The van der Waals surface area contributed by atoms with Crippen molar-refractivity contribution in [1.29, 1.82) is 0 Å². The molecule has 0 saturated heterocycles. The highest BCUT2D eigenvalue weighted by Crippen LogP contribution is 2.45. The number of hydrogen-bond donors (Lipinski definition) is 0. The van der Waals surface area contributed by atoms with E-state index in [1.165, 1.54) is 51.5 Å². The van der Waals surface area contributed by atoms with Crippen molar-refractivity contribution in [3.05, 3.63) is 182 Å². The van der Waals surface area contributed by atoms with E-state index in [4.69, 9.17) is 9.97 Å². The molecule has 0 spiro atoms. The monoisotopic (exact) mass is 750 g/mol. The summed E-state index contributed by atoms with van der Waals surface area (Å²) in [7, 11) is 0. The molecule has 56 heavy (non-hydrogen) atoms. The van der Waals surface area contributed by atoms with Crippen LogP contribution in [0, 0.1) is 0 Å². The van der Waals surface area contributed by atoms with Gasteiger partial charge in [-0.05, 0) is 64.7 Å². The molecule has 0 aliphatic rings. The molecule has 7 aromatic carbocycles. The fourth-order valence-corrected chi connectivity index (χ4v) is 10.2. The van der Waals surface area contributed by atoms with Gasteiger partial charge in [0.05, 0.1) is 17.1 Å². The molecule has 11 rings (SSSR count). The number of rotatable bonds is 6. The molecule has 262 valence electrons. The van der Waals surface area contributed by atoms with Gasteiger partial charge < -0.3 is 0 Å². The fourth-order valence-electron chi connectivity index (χ4n) is 7.77. The Balaban J connectivity index is 1.15. The first-order valence-electron chi connectivity index (χ1n) is 18.5. The van der Waals surface area contributed by atoms with E-state index in [2.05, 4.69) is 168 Å². The van der Waals surface area contributed by atoms with Crippen LogP contribution in [0.2, 0.25) is 0 Å². The summed E-state index contributed by atoms with van der Waals surface area (Å²) in [6, 6.07) is 60.5. The molecule has 0 N–H and O–H groups in total. The molecule has 0 radical (unpaired) electrons.